The molecule has 1 aliphatic heterocycles. The summed E-state index contributed by atoms with van der Waals surface area (Å²) in [5.74, 6) is -1.45. The maximum atomic E-state index is 12.5. The van der Waals surface area contributed by atoms with E-state index < -0.39 is 58.9 Å². The molecular formula is C16H20IN3O9S. The molecule has 0 unspecified atom stereocenters. The van der Waals surface area contributed by atoms with Crippen LogP contribution in [0, 0.1) is 0 Å². The Morgan fingerprint density at radius 1 is 1.33 bits per heavy atom. The van der Waals surface area contributed by atoms with Crippen LogP contribution in [-0.2, 0) is 38.1 Å². The van der Waals surface area contributed by atoms with Gasteiger partial charge in [0.15, 0.2) is 12.3 Å². The normalized spacial score (nSPS) is 24.1. The van der Waals surface area contributed by atoms with Crippen molar-refractivity contribution >= 4 is 56.5 Å². The smallest absolute Gasteiger partial charge is 0.351 e. The Hall–Kier alpha value is -2.04. The van der Waals surface area contributed by atoms with Crippen molar-refractivity contribution in [1.29, 1.82) is 0 Å². The number of hydrogen-bond acceptors (Lipinski definition) is 11. The summed E-state index contributed by atoms with van der Waals surface area (Å²) in [7, 11) is -4.03. The van der Waals surface area contributed by atoms with Crippen molar-refractivity contribution in [1.82, 2.24) is 9.55 Å². The number of hydrogen-bond donors (Lipinski definition) is 1. The maximum Gasteiger partial charge on any atom is 0.351 e. The number of rotatable bonds is 7. The van der Waals surface area contributed by atoms with Gasteiger partial charge in [-0.3, -0.25) is 18.3 Å². The number of nitrogen functional groups attached to an aromatic ring is 1. The molecule has 0 aliphatic carbocycles. The Morgan fingerprint density at radius 2 is 2.00 bits per heavy atom. The van der Waals surface area contributed by atoms with Gasteiger partial charge in [0.2, 0.25) is 0 Å². The molecule has 2 N–H and O–H groups in total. The molecule has 1 saturated heterocycles. The Balaban J connectivity index is 2.56. The van der Waals surface area contributed by atoms with Crippen molar-refractivity contribution in [2.75, 3.05) is 18.6 Å². The van der Waals surface area contributed by atoms with Crippen LogP contribution < -0.4 is 11.4 Å². The summed E-state index contributed by atoms with van der Waals surface area (Å²) < 4.78 is 47.1. The summed E-state index contributed by atoms with van der Waals surface area (Å²) in [4.78, 5) is 39.0. The van der Waals surface area contributed by atoms with Crippen molar-refractivity contribution in [3.05, 3.63) is 26.3 Å². The van der Waals surface area contributed by atoms with E-state index in [1.807, 2.05) is 22.6 Å². The van der Waals surface area contributed by atoms with Crippen LogP contribution in [0.15, 0.2) is 15.1 Å². The largest absolute Gasteiger partial charge is 0.463 e. The van der Waals surface area contributed by atoms with Gasteiger partial charge in [-0.25, -0.2) is 4.79 Å². The van der Waals surface area contributed by atoms with Gasteiger partial charge in [0, 0.05) is 25.6 Å². The molecule has 1 aromatic heterocycles. The molecule has 30 heavy (non-hydrogen) atoms. The first-order chi connectivity index (χ1) is 13.9. The van der Waals surface area contributed by atoms with Crippen LogP contribution in [-0.4, -0.2) is 61.1 Å². The summed E-state index contributed by atoms with van der Waals surface area (Å²) in [6, 6.07) is 0. The first-order valence-electron chi connectivity index (χ1n) is 8.42. The standard InChI is InChI=1S/C16H20IN3O9S/c1-8(21)26-7-11-12(29-30(3,24)25)13(27-9(2)22)15(28-11)20-6-10(4-5-17)14(18)19-16(20)23/h4-6,11-13,15H,7H2,1-3H3,(H2,18,19,23)/t11-,12+,13-,15-/m1/s1. The van der Waals surface area contributed by atoms with Gasteiger partial charge in [-0.2, -0.15) is 13.4 Å². The zero-order chi connectivity index (χ0) is 22.6. The Morgan fingerprint density at radius 3 is 2.53 bits per heavy atom. The van der Waals surface area contributed by atoms with Gasteiger partial charge in [-0.15, -0.1) is 0 Å². The van der Waals surface area contributed by atoms with E-state index in [1.54, 1.807) is 10.2 Å². The first kappa shape index (κ1) is 24.2. The molecule has 1 aliphatic rings. The zero-order valence-electron chi connectivity index (χ0n) is 16.2. The third kappa shape index (κ3) is 6.23. The fraction of sp³-hybridized carbons (Fsp3) is 0.500. The lowest BCUT2D eigenvalue weighted by atomic mass is 10.1. The van der Waals surface area contributed by atoms with Crippen LogP contribution in [0.5, 0.6) is 0 Å². The minimum Gasteiger partial charge on any atom is -0.463 e. The number of nitrogens with two attached hydrogens (primary N) is 1. The summed E-state index contributed by atoms with van der Waals surface area (Å²) in [5.41, 5.74) is 5.29. The molecule has 4 atom stereocenters. The number of carbonyl (C=O) groups is 2. The third-order valence-corrected chi connectivity index (χ3v) is 4.78. The van der Waals surface area contributed by atoms with Crippen LogP contribution >= 0.6 is 22.6 Å². The number of halogens is 1. The minimum absolute atomic E-state index is 0.0356. The van der Waals surface area contributed by atoms with Crippen molar-refractivity contribution in [2.24, 2.45) is 0 Å². The lowest BCUT2D eigenvalue weighted by Crippen LogP contribution is -2.42. The van der Waals surface area contributed by atoms with Gasteiger partial charge in [0.25, 0.3) is 10.1 Å². The van der Waals surface area contributed by atoms with Gasteiger partial charge in [-0.05, 0) is 10.2 Å². The number of aromatic nitrogens is 2. The van der Waals surface area contributed by atoms with Crippen LogP contribution in [0.4, 0.5) is 5.82 Å². The molecule has 0 spiro atoms. The topological polar surface area (TPSA) is 166 Å². The molecule has 2 rings (SSSR count). The lowest BCUT2D eigenvalue weighted by Gasteiger charge is -2.23. The third-order valence-electron chi connectivity index (χ3n) is 3.85. The highest BCUT2D eigenvalue weighted by molar-refractivity contribution is 14.1. The highest BCUT2D eigenvalue weighted by Crippen LogP contribution is 2.34. The Bertz CT molecular complexity index is 1010. The van der Waals surface area contributed by atoms with E-state index in [2.05, 4.69) is 4.98 Å². The molecule has 12 nitrogen and oxygen atoms in total. The number of esters is 2. The van der Waals surface area contributed by atoms with E-state index in [-0.39, 0.29) is 5.82 Å². The van der Waals surface area contributed by atoms with Crippen LogP contribution in [0.1, 0.15) is 25.6 Å². The monoisotopic (exact) mass is 557 g/mol. The minimum atomic E-state index is -4.03. The van der Waals surface area contributed by atoms with Gasteiger partial charge in [0.05, 0.1) is 6.26 Å². The van der Waals surface area contributed by atoms with E-state index in [0.717, 1.165) is 24.7 Å². The predicted octanol–water partition coefficient (Wildman–Crippen LogP) is -0.0318. The highest BCUT2D eigenvalue weighted by Gasteiger charge is 2.51. The number of ether oxygens (including phenoxy) is 3. The number of carbonyl (C=O) groups excluding carboxylic acids is 2. The Labute approximate surface area is 185 Å². The van der Waals surface area contributed by atoms with E-state index in [9.17, 15) is 22.8 Å². The van der Waals surface area contributed by atoms with Gasteiger partial charge in [0.1, 0.15) is 24.6 Å². The first-order valence-corrected chi connectivity index (χ1v) is 11.5. The average molecular weight is 557 g/mol. The number of anilines is 1. The molecule has 0 aromatic carbocycles. The molecule has 0 saturated carbocycles. The molecule has 1 aromatic rings. The van der Waals surface area contributed by atoms with Crippen molar-refractivity contribution in [2.45, 2.75) is 38.4 Å². The van der Waals surface area contributed by atoms with Crippen molar-refractivity contribution in [3.8, 4) is 0 Å². The molecule has 166 valence electrons. The van der Waals surface area contributed by atoms with Crippen molar-refractivity contribution in [3.63, 3.8) is 0 Å². The van der Waals surface area contributed by atoms with Gasteiger partial charge >= 0.3 is 17.6 Å². The molecule has 0 radical (unpaired) electrons. The lowest BCUT2D eigenvalue weighted by molar-refractivity contribution is -0.155. The summed E-state index contributed by atoms with van der Waals surface area (Å²) >= 11 is 1.95. The second-order valence-corrected chi connectivity index (χ2v) is 8.59. The van der Waals surface area contributed by atoms with E-state index in [1.165, 1.54) is 6.20 Å². The second-order valence-electron chi connectivity index (χ2n) is 6.27. The second kappa shape index (κ2) is 9.84. The Kier molecular flexibility index (Phi) is 7.95. The van der Waals surface area contributed by atoms with Crippen LogP contribution in [0.3, 0.4) is 0 Å². The summed E-state index contributed by atoms with van der Waals surface area (Å²) in [5, 5.41) is 0. The highest BCUT2D eigenvalue weighted by atomic mass is 127. The van der Waals surface area contributed by atoms with Crippen LogP contribution in [0.25, 0.3) is 6.08 Å². The van der Waals surface area contributed by atoms with Gasteiger partial charge < -0.3 is 19.9 Å². The fourth-order valence-electron chi connectivity index (χ4n) is 2.78. The zero-order valence-corrected chi connectivity index (χ0v) is 19.2. The van der Waals surface area contributed by atoms with Crippen LogP contribution in [0.2, 0.25) is 0 Å². The van der Waals surface area contributed by atoms with E-state index >= 15 is 0 Å². The van der Waals surface area contributed by atoms with Gasteiger partial charge in [-0.1, -0.05) is 22.6 Å². The molecule has 14 heteroatoms. The maximum absolute atomic E-state index is 12.5. The van der Waals surface area contributed by atoms with E-state index in [4.69, 9.17) is 24.1 Å². The molecular weight excluding hydrogens is 537 g/mol. The summed E-state index contributed by atoms with van der Waals surface area (Å²) in [6.07, 6.45) is -1.52. The summed E-state index contributed by atoms with van der Waals surface area (Å²) in [6.45, 7) is 1.85. The molecule has 0 amide bonds. The molecule has 0 bridgehead atoms. The molecule has 1 fully saturated rings. The fourth-order valence-corrected chi connectivity index (χ4v) is 3.80. The molecule has 2 heterocycles. The van der Waals surface area contributed by atoms with Crippen molar-refractivity contribution < 1.29 is 36.4 Å². The quantitative estimate of drug-likeness (QED) is 0.272. The predicted molar refractivity (Wildman–Crippen MR) is 112 cm³/mol. The average Bonchev–Trinajstić information content (AvgIpc) is 2.91. The van der Waals surface area contributed by atoms with E-state index in [0.29, 0.717) is 5.56 Å². The number of nitrogens with zero attached hydrogens (tertiary/aromatic N) is 2. The SMILES string of the molecule is CC(=O)OC[C@H]1O[C@@H](n2cc(C=CI)c(N)nc2=O)[C@H](OC(C)=O)[C@H]1OS(C)(=O)=O.